The van der Waals surface area contributed by atoms with Gasteiger partial charge in [0.2, 0.25) is 0 Å². The average molecular weight is 438 g/mol. The second kappa shape index (κ2) is 8.34. The minimum absolute atomic E-state index is 0.0414. The van der Waals surface area contributed by atoms with Crippen LogP contribution in [0.1, 0.15) is 15.9 Å². The molecule has 0 saturated carbocycles. The molecule has 150 valence electrons. The van der Waals surface area contributed by atoms with Gasteiger partial charge in [0.05, 0.1) is 5.56 Å². The first-order valence-electron chi connectivity index (χ1n) is 9.32. The smallest absolute Gasteiger partial charge is 0.326 e. The highest BCUT2D eigenvalue weighted by Gasteiger charge is 2.24. The Morgan fingerprint density at radius 2 is 1.47 bits per heavy atom. The lowest BCUT2D eigenvalue weighted by molar-refractivity contribution is -0.139. The van der Waals surface area contributed by atoms with E-state index in [1.165, 1.54) is 0 Å². The number of halogens is 2. The quantitative estimate of drug-likeness (QED) is 0.392. The minimum atomic E-state index is -1.14. The lowest BCUT2D eigenvalue weighted by atomic mass is 9.95. The van der Waals surface area contributed by atoms with E-state index in [0.717, 1.165) is 21.5 Å². The van der Waals surface area contributed by atoms with Crippen LogP contribution in [0.25, 0.3) is 21.5 Å². The van der Waals surface area contributed by atoms with Crippen molar-refractivity contribution in [1.29, 1.82) is 0 Å². The molecule has 4 aromatic carbocycles. The second-order valence-electron chi connectivity index (χ2n) is 7.00. The Morgan fingerprint density at radius 1 is 0.867 bits per heavy atom. The number of fused-ring (bicyclic) bond motifs is 2. The third kappa shape index (κ3) is 3.97. The van der Waals surface area contributed by atoms with E-state index in [1.807, 2.05) is 54.6 Å². The molecule has 0 aromatic heterocycles. The van der Waals surface area contributed by atoms with Gasteiger partial charge in [-0.1, -0.05) is 77.8 Å². The van der Waals surface area contributed by atoms with Crippen LogP contribution in [-0.2, 0) is 11.2 Å². The van der Waals surface area contributed by atoms with E-state index in [0.29, 0.717) is 21.2 Å². The van der Waals surface area contributed by atoms with Crippen LogP contribution in [0.4, 0.5) is 0 Å². The highest BCUT2D eigenvalue weighted by atomic mass is 35.5. The third-order valence-electron chi connectivity index (χ3n) is 5.04. The fourth-order valence-corrected chi connectivity index (χ4v) is 4.08. The summed E-state index contributed by atoms with van der Waals surface area (Å²) in [5.41, 5.74) is 1.05. The molecule has 0 radical (unpaired) electrons. The molecule has 1 amide bonds. The number of hydrogen-bond acceptors (Lipinski definition) is 2. The van der Waals surface area contributed by atoms with Crippen molar-refractivity contribution >= 4 is 56.6 Å². The maximum Gasteiger partial charge on any atom is 0.326 e. The minimum Gasteiger partial charge on any atom is -0.480 e. The zero-order chi connectivity index (χ0) is 21.3. The lowest BCUT2D eigenvalue weighted by Crippen LogP contribution is -2.42. The molecule has 0 bridgehead atoms. The van der Waals surface area contributed by atoms with Crippen LogP contribution < -0.4 is 5.32 Å². The molecular weight excluding hydrogens is 421 g/mol. The van der Waals surface area contributed by atoms with Crippen molar-refractivity contribution in [2.75, 3.05) is 0 Å². The van der Waals surface area contributed by atoms with Crippen LogP contribution in [0.2, 0.25) is 10.0 Å². The van der Waals surface area contributed by atoms with E-state index >= 15 is 0 Å². The van der Waals surface area contributed by atoms with Crippen LogP contribution in [0, 0.1) is 0 Å². The summed E-state index contributed by atoms with van der Waals surface area (Å²) in [6.07, 6.45) is 0.0414. The zero-order valence-corrected chi connectivity index (χ0v) is 17.2. The Labute approximate surface area is 183 Å². The van der Waals surface area contributed by atoms with E-state index in [9.17, 15) is 14.7 Å². The first-order valence-corrected chi connectivity index (χ1v) is 10.1. The summed E-state index contributed by atoms with van der Waals surface area (Å²) in [6, 6.07) is 20.8. The van der Waals surface area contributed by atoms with Crippen LogP contribution in [-0.4, -0.2) is 23.0 Å². The molecule has 0 heterocycles. The predicted molar refractivity (Wildman–Crippen MR) is 121 cm³/mol. The van der Waals surface area contributed by atoms with Gasteiger partial charge in [-0.3, -0.25) is 4.79 Å². The molecular formula is C24H17Cl2NO3. The van der Waals surface area contributed by atoms with Gasteiger partial charge in [0.25, 0.3) is 5.91 Å². The first-order chi connectivity index (χ1) is 14.4. The predicted octanol–water partition coefficient (Wildman–Crippen LogP) is 5.73. The highest BCUT2D eigenvalue weighted by molar-refractivity contribution is 6.35. The molecule has 0 fully saturated rings. The van der Waals surface area contributed by atoms with E-state index in [2.05, 4.69) is 5.32 Å². The van der Waals surface area contributed by atoms with Crippen molar-refractivity contribution in [2.45, 2.75) is 12.5 Å². The Hall–Kier alpha value is -3.08. The number of carbonyl (C=O) groups is 2. The van der Waals surface area contributed by atoms with Crippen molar-refractivity contribution in [3.8, 4) is 0 Å². The Kier molecular flexibility index (Phi) is 5.62. The van der Waals surface area contributed by atoms with Crippen molar-refractivity contribution in [3.05, 3.63) is 94.0 Å². The normalized spacial score (nSPS) is 12.1. The largest absolute Gasteiger partial charge is 0.480 e. The molecule has 0 aliphatic heterocycles. The number of aliphatic carboxylic acids is 1. The Bertz CT molecular complexity index is 1230. The molecule has 4 aromatic rings. The van der Waals surface area contributed by atoms with E-state index < -0.39 is 17.9 Å². The Morgan fingerprint density at radius 3 is 2.03 bits per heavy atom. The van der Waals surface area contributed by atoms with Gasteiger partial charge in [-0.25, -0.2) is 4.79 Å². The summed E-state index contributed by atoms with van der Waals surface area (Å²) in [4.78, 5) is 25.2. The maximum atomic E-state index is 13.3. The monoisotopic (exact) mass is 437 g/mol. The molecule has 4 nitrogen and oxygen atoms in total. The third-order valence-corrected chi connectivity index (χ3v) is 5.63. The molecule has 6 heteroatoms. The van der Waals surface area contributed by atoms with Gasteiger partial charge in [-0.15, -0.1) is 0 Å². The summed E-state index contributed by atoms with van der Waals surface area (Å²) in [6.45, 7) is 0. The number of rotatable bonds is 5. The average Bonchev–Trinajstić information content (AvgIpc) is 2.73. The van der Waals surface area contributed by atoms with Crippen LogP contribution in [0.15, 0.2) is 72.8 Å². The van der Waals surface area contributed by atoms with Crippen molar-refractivity contribution in [1.82, 2.24) is 5.32 Å². The number of benzene rings is 4. The van der Waals surface area contributed by atoms with Gasteiger partial charge in [0, 0.05) is 16.5 Å². The number of hydrogen-bond donors (Lipinski definition) is 2. The summed E-state index contributed by atoms with van der Waals surface area (Å²) >= 11 is 12.1. The van der Waals surface area contributed by atoms with Crippen molar-refractivity contribution in [3.63, 3.8) is 0 Å². The number of nitrogens with one attached hydrogen (secondary N) is 1. The lowest BCUT2D eigenvalue weighted by Gasteiger charge is -2.17. The summed E-state index contributed by atoms with van der Waals surface area (Å²) in [7, 11) is 0. The first kappa shape index (κ1) is 20.2. The zero-order valence-electron chi connectivity index (χ0n) is 15.7. The van der Waals surface area contributed by atoms with E-state index in [4.69, 9.17) is 23.2 Å². The van der Waals surface area contributed by atoms with Gasteiger partial charge in [0.15, 0.2) is 0 Å². The summed E-state index contributed by atoms with van der Waals surface area (Å²) in [5, 5.41) is 16.6. The fraction of sp³-hybridized carbons (Fsp3) is 0.0833. The van der Waals surface area contributed by atoms with Crippen molar-refractivity contribution < 1.29 is 14.7 Å². The molecule has 4 rings (SSSR count). The molecule has 0 aliphatic rings. The fourth-order valence-electron chi connectivity index (χ4n) is 3.60. The van der Waals surface area contributed by atoms with E-state index in [-0.39, 0.29) is 6.42 Å². The second-order valence-corrected chi connectivity index (χ2v) is 7.84. The molecule has 1 atom stereocenters. The topological polar surface area (TPSA) is 66.4 Å². The van der Waals surface area contributed by atoms with Crippen LogP contribution in [0.3, 0.4) is 0 Å². The van der Waals surface area contributed by atoms with Gasteiger partial charge in [-0.2, -0.15) is 0 Å². The number of carboxylic acids is 1. The maximum absolute atomic E-state index is 13.3. The molecule has 30 heavy (non-hydrogen) atoms. The Balaban J connectivity index is 1.74. The molecule has 0 saturated heterocycles. The van der Waals surface area contributed by atoms with Gasteiger partial charge in [0.1, 0.15) is 6.04 Å². The van der Waals surface area contributed by atoms with Crippen molar-refractivity contribution in [2.24, 2.45) is 0 Å². The summed E-state index contributed by atoms with van der Waals surface area (Å²) < 4.78 is 0. The molecule has 0 spiro atoms. The van der Waals surface area contributed by atoms with Gasteiger partial charge in [-0.05, 0) is 45.3 Å². The number of carbonyl (C=O) groups excluding carboxylic acids is 1. The van der Waals surface area contributed by atoms with Crippen LogP contribution in [0.5, 0.6) is 0 Å². The van der Waals surface area contributed by atoms with E-state index in [1.54, 1.807) is 18.2 Å². The summed E-state index contributed by atoms with van der Waals surface area (Å²) in [5.74, 6) is -1.58. The number of carboxylic acid groups (broad SMARTS) is 1. The highest BCUT2D eigenvalue weighted by Crippen LogP contribution is 2.29. The van der Waals surface area contributed by atoms with Gasteiger partial charge >= 0.3 is 5.97 Å². The number of amides is 1. The van der Waals surface area contributed by atoms with Crippen LogP contribution >= 0.6 is 23.2 Å². The molecule has 0 aliphatic carbocycles. The van der Waals surface area contributed by atoms with Gasteiger partial charge < -0.3 is 10.4 Å². The molecule has 2 N–H and O–H groups in total. The standard InChI is InChI=1S/C24H17Cl2NO3/c25-17-10-9-16(20(26)13-17)12-21(24(29)30)27-23(28)22-18-7-3-1-5-14(18)11-15-6-2-4-8-19(15)22/h1-11,13,21H,12H2,(H,27,28)(H,29,30)/t21-/m1/s1. The SMILES string of the molecule is O=C(N[C@H](Cc1ccc(Cl)cc1Cl)C(=O)O)c1c2ccccc2cc2ccccc12. The molecule has 0 unspecified atom stereocenters.